The van der Waals surface area contributed by atoms with Crippen molar-refractivity contribution in [2.24, 2.45) is 0 Å². The Bertz CT molecular complexity index is 175. The summed E-state index contributed by atoms with van der Waals surface area (Å²) in [7, 11) is 0. The van der Waals surface area contributed by atoms with E-state index in [2.05, 4.69) is 0 Å². The van der Waals surface area contributed by atoms with Crippen LogP contribution in [0.15, 0.2) is 22.5 Å². The van der Waals surface area contributed by atoms with Gasteiger partial charge in [0.15, 0.2) is 0 Å². The summed E-state index contributed by atoms with van der Waals surface area (Å²) < 4.78 is 11.9. The van der Waals surface area contributed by atoms with Gasteiger partial charge < -0.3 is 24.8 Å². The Kier molecular flexibility index (Phi) is 8.07. The molecule has 10 heavy (non-hydrogen) atoms. The molecule has 0 N–H and O–H groups in total. The molecule has 0 spiro atoms. The number of hydrogen-bond donors (Lipinski definition) is 0. The predicted molar refractivity (Wildman–Crippen MR) is 28.4 cm³/mol. The molecule has 0 radical (unpaired) electrons. The minimum atomic E-state index is -1.73. The van der Waals surface area contributed by atoms with Gasteiger partial charge in [0, 0.05) is 0 Å². The quantitative estimate of drug-likeness (QED) is 0.436. The summed E-state index contributed by atoms with van der Waals surface area (Å²) in [5.74, 6) is 0. The molecule has 0 aromatic rings. The monoisotopic (exact) mass is 217 g/mol. The normalized spacial score (nSPS) is 13.1. The SMILES string of the molecule is [CH3][V+2](=[O])[C]1=CC=CC1.[Cl-].[Cl-]. The summed E-state index contributed by atoms with van der Waals surface area (Å²) in [5.41, 5.74) is 1.83. The van der Waals surface area contributed by atoms with Crippen molar-refractivity contribution in [1.29, 1.82) is 0 Å². The Balaban J connectivity index is 0. The van der Waals surface area contributed by atoms with Crippen LogP contribution in [0, 0.1) is 0 Å². The average molecular weight is 218 g/mol. The molecule has 0 aromatic heterocycles. The van der Waals surface area contributed by atoms with Crippen LogP contribution in [0.2, 0.25) is 5.64 Å². The van der Waals surface area contributed by atoms with Crippen molar-refractivity contribution >= 4 is 0 Å². The van der Waals surface area contributed by atoms with Gasteiger partial charge in [0.25, 0.3) is 0 Å². The summed E-state index contributed by atoms with van der Waals surface area (Å²) in [6.45, 7) is 0. The molecule has 0 fully saturated rings. The van der Waals surface area contributed by atoms with E-state index in [4.69, 9.17) is 0 Å². The summed E-state index contributed by atoms with van der Waals surface area (Å²) >= 11 is -1.73. The van der Waals surface area contributed by atoms with Crippen LogP contribution in [0.1, 0.15) is 6.42 Å². The van der Waals surface area contributed by atoms with Crippen LogP contribution < -0.4 is 24.8 Å². The summed E-state index contributed by atoms with van der Waals surface area (Å²) in [5, 5.41) is 0. The number of hydrogen-bond acceptors (Lipinski definition) is 1. The zero-order valence-electron chi connectivity index (χ0n) is 5.55. The van der Waals surface area contributed by atoms with Gasteiger partial charge in [0.05, 0.1) is 0 Å². The van der Waals surface area contributed by atoms with Crippen molar-refractivity contribution in [1.82, 2.24) is 0 Å². The molecule has 0 unspecified atom stereocenters. The van der Waals surface area contributed by atoms with Crippen LogP contribution in [0.4, 0.5) is 0 Å². The van der Waals surface area contributed by atoms with Gasteiger partial charge in [-0.05, 0) is 0 Å². The third kappa shape index (κ3) is 3.57. The summed E-state index contributed by atoms with van der Waals surface area (Å²) in [4.78, 5) is 0. The van der Waals surface area contributed by atoms with Crippen molar-refractivity contribution < 1.29 is 43.6 Å². The van der Waals surface area contributed by atoms with Gasteiger partial charge in [0.1, 0.15) is 0 Å². The zero-order valence-corrected chi connectivity index (χ0v) is 8.46. The second kappa shape index (κ2) is 6.17. The molecule has 57 valence electrons. The third-order valence-corrected chi connectivity index (χ3v) is 2.94. The van der Waals surface area contributed by atoms with Crippen molar-refractivity contribution in [3.63, 3.8) is 0 Å². The van der Waals surface area contributed by atoms with Gasteiger partial charge in [-0.2, -0.15) is 0 Å². The standard InChI is InChI=1S/C5H5.CH3.2ClH.O.V/c1-2-4-5-3-1;;;;;/h1-3H,4H2;1H3;2*1H;;/q;;;;;+2/p-2. The Morgan fingerprint density at radius 3 is 2.30 bits per heavy atom. The molecule has 1 aliphatic rings. The molecule has 0 heterocycles. The number of rotatable bonds is 1. The van der Waals surface area contributed by atoms with Crippen LogP contribution in [-0.4, -0.2) is 0 Å². The number of halogens is 2. The van der Waals surface area contributed by atoms with Crippen LogP contribution >= 0.6 is 0 Å². The first-order valence-electron chi connectivity index (χ1n) is 2.57. The minimum absolute atomic E-state index is 0. The van der Waals surface area contributed by atoms with Crippen molar-refractivity contribution in [2.75, 3.05) is 0 Å². The fourth-order valence-electron chi connectivity index (χ4n) is 0.669. The van der Waals surface area contributed by atoms with Crippen molar-refractivity contribution in [2.45, 2.75) is 12.1 Å². The largest absolute Gasteiger partial charge is 1.00 e. The van der Waals surface area contributed by atoms with Gasteiger partial charge in [-0.3, -0.25) is 0 Å². The molecule has 4 heteroatoms. The van der Waals surface area contributed by atoms with Crippen molar-refractivity contribution in [3.05, 3.63) is 22.5 Å². The van der Waals surface area contributed by atoms with E-state index in [1.807, 2.05) is 23.9 Å². The fourth-order valence-corrected chi connectivity index (χ4v) is 1.70. The maximum atomic E-state index is 10.8. The van der Waals surface area contributed by atoms with E-state index in [0.717, 1.165) is 10.7 Å². The van der Waals surface area contributed by atoms with Crippen LogP contribution in [0.5, 0.6) is 0 Å². The molecule has 0 atom stereocenters. The molecular formula is C6H8Cl2OV. The summed E-state index contributed by atoms with van der Waals surface area (Å²) in [6, 6.07) is 0. The molecule has 0 aromatic carbocycles. The van der Waals surface area contributed by atoms with Crippen LogP contribution in [0.3, 0.4) is 0 Å². The molecule has 1 nitrogen and oxygen atoms in total. The van der Waals surface area contributed by atoms with Gasteiger partial charge in [-0.25, -0.2) is 0 Å². The van der Waals surface area contributed by atoms with Crippen LogP contribution in [0.25, 0.3) is 0 Å². The van der Waals surface area contributed by atoms with E-state index in [1.54, 1.807) is 0 Å². The molecular weight excluding hydrogens is 210 g/mol. The zero-order chi connectivity index (χ0) is 5.98. The molecule has 0 bridgehead atoms. The van der Waals surface area contributed by atoms with Gasteiger partial charge in [0.2, 0.25) is 0 Å². The number of allylic oxidation sites excluding steroid dienone is 4. The van der Waals surface area contributed by atoms with E-state index in [-0.39, 0.29) is 24.8 Å². The van der Waals surface area contributed by atoms with Crippen molar-refractivity contribution in [3.8, 4) is 0 Å². The fraction of sp³-hybridized carbons (Fsp3) is 0.333. The Morgan fingerprint density at radius 2 is 2.10 bits per heavy atom. The van der Waals surface area contributed by atoms with E-state index < -0.39 is 15.1 Å². The first-order valence-corrected chi connectivity index (χ1v) is 5.24. The Morgan fingerprint density at radius 1 is 1.50 bits per heavy atom. The second-order valence-electron chi connectivity index (χ2n) is 1.79. The third-order valence-electron chi connectivity index (χ3n) is 1.16. The maximum Gasteiger partial charge on any atom is -1.00 e. The average Bonchev–Trinajstić information content (AvgIpc) is 2.12. The van der Waals surface area contributed by atoms with E-state index in [0.29, 0.717) is 0 Å². The smallest absolute Gasteiger partial charge is 1.00 e. The van der Waals surface area contributed by atoms with Gasteiger partial charge in [-0.15, -0.1) is 0 Å². The molecule has 0 amide bonds. The summed E-state index contributed by atoms with van der Waals surface area (Å²) in [6.07, 6.45) is 6.91. The van der Waals surface area contributed by atoms with E-state index >= 15 is 0 Å². The first kappa shape index (κ1) is 13.1. The molecule has 0 saturated carbocycles. The van der Waals surface area contributed by atoms with E-state index in [1.165, 1.54) is 0 Å². The van der Waals surface area contributed by atoms with Crippen LogP contribution in [-0.2, 0) is 18.8 Å². The van der Waals surface area contributed by atoms with E-state index in [9.17, 15) is 3.67 Å². The molecule has 1 aliphatic carbocycles. The maximum absolute atomic E-state index is 10.8. The topological polar surface area (TPSA) is 17.1 Å². The predicted octanol–water partition coefficient (Wildman–Crippen LogP) is -4.15. The van der Waals surface area contributed by atoms with Gasteiger partial charge in [-0.1, -0.05) is 0 Å². The molecule has 0 saturated heterocycles. The first-order chi connectivity index (χ1) is 3.80. The van der Waals surface area contributed by atoms with Gasteiger partial charge >= 0.3 is 53.4 Å². The Labute approximate surface area is 78.1 Å². The Hall–Kier alpha value is 0.444. The minimum Gasteiger partial charge on any atom is -1.00 e. The molecule has 0 aliphatic heterocycles. The molecule has 1 rings (SSSR count). The second-order valence-corrected chi connectivity index (χ2v) is 4.24.